The molecule has 21 heavy (non-hydrogen) atoms. The second kappa shape index (κ2) is 7.25. The van der Waals surface area contributed by atoms with Crippen molar-refractivity contribution in [1.82, 2.24) is 4.90 Å². The van der Waals surface area contributed by atoms with Gasteiger partial charge in [0.05, 0.1) is 13.2 Å². The van der Waals surface area contributed by atoms with Crippen LogP contribution in [0.25, 0.3) is 0 Å². The zero-order chi connectivity index (χ0) is 15.4. The Balaban J connectivity index is 2.20. The molecule has 0 saturated heterocycles. The zero-order valence-electron chi connectivity index (χ0n) is 13.3. The first kappa shape index (κ1) is 16.3. The molecule has 1 saturated carbocycles. The number of hydrogen-bond acceptors (Lipinski definition) is 4. The standard InChI is InChI=1S/C17H28N2O2/c1-12(18)17(13-8-10-14(21-3)11-9-13)19(2)15-6-4-5-7-16(15)20/h8-12,15-17,20H,4-7,18H2,1-3H3. The van der Waals surface area contributed by atoms with Crippen LogP contribution in [0, 0.1) is 0 Å². The molecule has 0 amide bonds. The number of hydrogen-bond donors (Lipinski definition) is 2. The van der Waals surface area contributed by atoms with Gasteiger partial charge in [0.1, 0.15) is 5.75 Å². The van der Waals surface area contributed by atoms with Crippen molar-refractivity contribution in [3.05, 3.63) is 29.8 Å². The third-order valence-corrected chi connectivity index (χ3v) is 4.61. The van der Waals surface area contributed by atoms with Gasteiger partial charge in [-0.2, -0.15) is 0 Å². The highest BCUT2D eigenvalue weighted by Gasteiger charge is 2.32. The summed E-state index contributed by atoms with van der Waals surface area (Å²) in [6.07, 6.45) is 3.99. The summed E-state index contributed by atoms with van der Waals surface area (Å²) in [4.78, 5) is 2.26. The number of nitrogens with zero attached hydrogens (tertiary/aromatic N) is 1. The molecular weight excluding hydrogens is 264 g/mol. The van der Waals surface area contributed by atoms with E-state index in [1.165, 1.54) is 12.0 Å². The van der Waals surface area contributed by atoms with Gasteiger partial charge in [-0.1, -0.05) is 25.0 Å². The number of likely N-dealkylation sites (N-methyl/N-ethyl adjacent to an activating group) is 1. The molecule has 2 rings (SSSR count). The van der Waals surface area contributed by atoms with Crippen LogP contribution in [-0.4, -0.2) is 42.4 Å². The van der Waals surface area contributed by atoms with Crippen LogP contribution in [0.4, 0.5) is 0 Å². The maximum Gasteiger partial charge on any atom is 0.118 e. The van der Waals surface area contributed by atoms with E-state index < -0.39 is 0 Å². The summed E-state index contributed by atoms with van der Waals surface area (Å²) in [7, 11) is 3.75. The molecule has 1 aromatic carbocycles. The Bertz CT molecular complexity index is 433. The summed E-state index contributed by atoms with van der Waals surface area (Å²) in [6, 6.07) is 8.37. The molecule has 3 N–H and O–H groups in total. The van der Waals surface area contributed by atoms with Crippen molar-refractivity contribution in [3.63, 3.8) is 0 Å². The van der Waals surface area contributed by atoms with Crippen LogP contribution in [0.5, 0.6) is 5.75 Å². The van der Waals surface area contributed by atoms with E-state index in [9.17, 15) is 5.11 Å². The van der Waals surface area contributed by atoms with E-state index in [1.807, 2.05) is 19.1 Å². The third-order valence-electron chi connectivity index (χ3n) is 4.61. The minimum atomic E-state index is -0.247. The molecule has 0 aromatic heterocycles. The molecule has 0 spiro atoms. The first-order chi connectivity index (χ1) is 10.0. The molecule has 0 heterocycles. The Kier molecular flexibility index (Phi) is 5.62. The smallest absolute Gasteiger partial charge is 0.118 e. The van der Waals surface area contributed by atoms with Gasteiger partial charge in [0.2, 0.25) is 0 Å². The van der Waals surface area contributed by atoms with Crippen LogP contribution in [0.1, 0.15) is 44.2 Å². The van der Waals surface area contributed by atoms with E-state index in [1.54, 1.807) is 7.11 Å². The molecule has 4 heteroatoms. The Morgan fingerprint density at radius 1 is 1.24 bits per heavy atom. The Hall–Kier alpha value is -1.10. The molecular formula is C17H28N2O2. The van der Waals surface area contributed by atoms with Gasteiger partial charge in [-0.15, -0.1) is 0 Å². The number of nitrogens with two attached hydrogens (primary N) is 1. The Morgan fingerprint density at radius 2 is 1.86 bits per heavy atom. The first-order valence-corrected chi connectivity index (χ1v) is 7.84. The minimum Gasteiger partial charge on any atom is -0.497 e. The van der Waals surface area contributed by atoms with Crippen molar-refractivity contribution in [1.29, 1.82) is 0 Å². The van der Waals surface area contributed by atoms with Gasteiger partial charge in [-0.25, -0.2) is 0 Å². The van der Waals surface area contributed by atoms with Crippen LogP contribution >= 0.6 is 0 Å². The largest absolute Gasteiger partial charge is 0.497 e. The lowest BCUT2D eigenvalue weighted by Gasteiger charge is -2.41. The van der Waals surface area contributed by atoms with Crippen LogP contribution in [0.3, 0.4) is 0 Å². The van der Waals surface area contributed by atoms with Gasteiger partial charge in [-0.3, -0.25) is 4.90 Å². The average molecular weight is 292 g/mol. The van der Waals surface area contributed by atoms with Crippen molar-refractivity contribution in [3.8, 4) is 5.75 Å². The molecule has 0 bridgehead atoms. The predicted octanol–water partition coefficient (Wildman–Crippen LogP) is 2.32. The quantitative estimate of drug-likeness (QED) is 0.874. The lowest BCUT2D eigenvalue weighted by molar-refractivity contribution is 0.00790. The van der Waals surface area contributed by atoms with E-state index >= 15 is 0 Å². The van der Waals surface area contributed by atoms with Gasteiger partial charge in [0, 0.05) is 18.1 Å². The summed E-state index contributed by atoms with van der Waals surface area (Å²) in [5.41, 5.74) is 7.41. The van der Waals surface area contributed by atoms with E-state index in [0.29, 0.717) is 0 Å². The Labute approximate surface area is 127 Å². The van der Waals surface area contributed by atoms with Crippen molar-refractivity contribution in [2.24, 2.45) is 5.73 Å². The predicted molar refractivity (Wildman–Crippen MR) is 85.4 cm³/mol. The van der Waals surface area contributed by atoms with Crippen LogP contribution in [0.15, 0.2) is 24.3 Å². The highest BCUT2D eigenvalue weighted by molar-refractivity contribution is 5.30. The summed E-state index contributed by atoms with van der Waals surface area (Å²) in [5, 5.41) is 10.3. The summed E-state index contributed by atoms with van der Waals surface area (Å²) in [6.45, 7) is 2.03. The molecule has 0 radical (unpaired) electrons. The molecule has 1 aromatic rings. The molecule has 4 nitrogen and oxygen atoms in total. The second-order valence-corrected chi connectivity index (χ2v) is 6.16. The van der Waals surface area contributed by atoms with Crippen LogP contribution in [-0.2, 0) is 0 Å². The fourth-order valence-electron chi connectivity index (χ4n) is 3.48. The molecule has 1 aliphatic rings. The van der Waals surface area contributed by atoms with E-state index in [2.05, 4.69) is 24.1 Å². The first-order valence-electron chi connectivity index (χ1n) is 7.84. The fraction of sp³-hybridized carbons (Fsp3) is 0.647. The average Bonchev–Trinajstić information content (AvgIpc) is 2.48. The summed E-state index contributed by atoms with van der Waals surface area (Å²) >= 11 is 0. The van der Waals surface area contributed by atoms with E-state index in [-0.39, 0.29) is 24.2 Å². The Morgan fingerprint density at radius 3 is 2.38 bits per heavy atom. The maximum absolute atomic E-state index is 10.3. The molecule has 1 fully saturated rings. The van der Waals surface area contributed by atoms with Crippen molar-refractivity contribution in [2.45, 2.75) is 56.8 Å². The van der Waals surface area contributed by atoms with Crippen molar-refractivity contribution >= 4 is 0 Å². The van der Waals surface area contributed by atoms with E-state index in [4.69, 9.17) is 10.5 Å². The third kappa shape index (κ3) is 3.76. The fourth-order valence-corrected chi connectivity index (χ4v) is 3.48. The number of benzene rings is 1. The number of ether oxygens (including phenoxy) is 1. The van der Waals surface area contributed by atoms with E-state index in [0.717, 1.165) is 25.0 Å². The SMILES string of the molecule is COc1ccc(C(C(C)N)N(C)C2CCCCC2O)cc1. The van der Waals surface area contributed by atoms with Gasteiger partial charge in [-0.05, 0) is 44.5 Å². The van der Waals surface area contributed by atoms with Crippen LogP contribution < -0.4 is 10.5 Å². The lowest BCUT2D eigenvalue weighted by atomic mass is 9.88. The molecule has 1 aliphatic carbocycles. The normalized spacial score (nSPS) is 25.6. The zero-order valence-corrected chi connectivity index (χ0v) is 13.3. The molecule has 4 unspecified atom stereocenters. The number of rotatable bonds is 5. The maximum atomic E-state index is 10.3. The highest BCUT2D eigenvalue weighted by Crippen LogP contribution is 2.31. The second-order valence-electron chi connectivity index (χ2n) is 6.16. The summed E-state index contributed by atoms with van der Waals surface area (Å²) < 4.78 is 5.22. The van der Waals surface area contributed by atoms with Gasteiger partial charge >= 0.3 is 0 Å². The number of aliphatic hydroxyl groups excluding tert-OH is 1. The van der Waals surface area contributed by atoms with Gasteiger partial charge in [0.25, 0.3) is 0 Å². The van der Waals surface area contributed by atoms with Crippen LogP contribution in [0.2, 0.25) is 0 Å². The number of aliphatic hydroxyl groups is 1. The lowest BCUT2D eigenvalue weighted by Crippen LogP contribution is -2.49. The molecule has 4 atom stereocenters. The molecule has 0 aliphatic heterocycles. The topological polar surface area (TPSA) is 58.7 Å². The van der Waals surface area contributed by atoms with Gasteiger partial charge < -0.3 is 15.6 Å². The van der Waals surface area contributed by atoms with Crippen molar-refractivity contribution in [2.75, 3.05) is 14.2 Å². The number of methoxy groups -OCH3 is 1. The van der Waals surface area contributed by atoms with Gasteiger partial charge in [0.15, 0.2) is 0 Å². The molecule has 118 valence electrons. The summed E-state index contributed by atoms with van der Waals surface area (Å²) in [5.74, 6) is 0.850. The van der Waals surface area contributed by atoms with Crippen molar-refractivity contribution < 1.29 is 9.84 Å². The highest BCUT2D eigenvalue weighted by atomic mass is 16.5. The minimum absolute atomic E-state index is 0.00229. The monoisotopic (exact) mass is 292 g/mol.